The highest BCUT2D eigenvalue weighted by atomic mass is 79.9. The van der Waals surface area contributed by atoms with Crippen LogP contribution in [0.2, 0.25) is 0 Å². The first-order chi connectivity index (χ1) is 8.58. The van der Waals surface area contributed by atoms with E-state index in [0.29, 0.717) is 10.0 Å². The van der Waals surface area contributed by atoms with Gasteiger partial charge in [-0.05, 0) is 52.3 Å². The number of nitrogens with one attached hydrogen (secondary N) is 1. The molecule has 0 fully saturated rings. The quantitative estimate of drug-likeness (QED) is 0.811. The minimum atomic E-state index is -0.306. The van der Waals surface area contributed by atoms with E-state index < -0.39 is 0 Å². The number of nitriles is 1. The zero-order valence-corrected chi connectivity index (χ0v) is 12.2. The van der Waals surface area contributed by atoms with E-state index in [2.05, 4.69) is 43.2 Å². The molecule has 0 radical (unpaired) electrons. The van der Waals surface area contributed by atoms with Gasteiger partial charge in [-0.15, -0.1) is 0 Å². The van der Waals surface area contributed by atoms with Gasteiger partial charge in [-0.3, -0.25) is 0 Å². The van der Waals surface area contributed by atoms with Crippen molar-refractivity contribution in [1.29, 1.82) is 5.26 Å². The lowest BCUT2D eigenvalue weighted by atomic mass is 10.2. The van der Waals surface area contributed by atoms with E-state index in [0.717, 1.165) is 15.8 Å². The summed E-state index contributed by atoms with van der Waals surface area (Å²) in [6.07, 6.45) is 0. The van der Waals surface area contributed by atoms with Crippen LogP contribution < -0.4 is 5.32 Å². The van der Waals surface area contributed by atoms with Crippen molar-refractivity contribution in [2.45, 2.75) is 0 Å². The molecule has 0 heterocycles. The molecule has 0 bridgehead atoms. The molecule has 2 rings (SSSR count). The predicted octanol–water partition coefficient (Wildman–Crippen LogP) is 4.97. The number of halogens is 3. The summed E-state index contributed by atoms with van der Waals surface area (Å²) in [5.41, 5.74) is 2.04. The smallest absolute Gasteiger partial charge is 0.124 e. The third-order valence-electron chi connectivity index (χ3n) is 2.24. The average molecular weight is 370 g/mol. The van der Waals surface area contributed by atoms with Gasteiger partial charge < -0.3 is 5.32 Å². The SMILES string of the molecule is N#Cc1cc(Br)cc(Nc2ccc(F)cc2Br)c1. The van der Waals surface area contributed by atoms with Gasteiger partial charge in [-0.2, -0.15) is 5.26 Å². The number of nitrogens with zero attached hydrogens (tertiary/aromatic N) is 1. The fraction of sp³-hybridized carbons (Fsp3) is 0. The highest BCUT2D eigenvalue weighted by Gasteiger charge is 2.04. The van der Waals surface area contributed by atoms with E-state index in [4.69, 9.17) is 5.26 Å². The van der Waals surface area contributed by atoms with Crippen molar-refractivity contribution in [3.05, 3.63) is 56.7 Å². The molecule has 0 unspecified atom stereocenters. The summed E-state index contributed by atoms with van der Waals surface area (Å²) in [5, 5.41) is 12.0. The van der Waals surface area contributed by atoms with Crippen molar-refractivity contribution in [3.8, 4) is 6.07 Å². The standard InChI is InChI=1S/C13H7Br2FN2/c14-9-3-8(7-17)4-11(5-9)18-13-2-1-10(16)6-12(13)15/h1-6,18H. The van der Waals surface area contributed by atoms with E-state index in [1.807, 2.05) is 6.07 Å². The maximum atomic E-state index is 13.0. The zero-order valence-electron chi connectivity index (χ0n) is 9.05. The molecule has 18 heavy (non-hydrogen) atoms. The third-order valence-corrected chi connectivity index (χ3v) is 3.35. The van der Waals surface area contributed by atoms with Crippen LogP contribution in [0.3, 0.4) is 0 Å². The lowest BCUT2D eigenvalue weighted by Crippen LogP contribution is -1.93. The molecule has 0 spiro atoms. The molecule has 0 aliphatic heterocycles. The fourth-order valence-corrected chi connectivity index (χ4v) is 2.42. The molecule has 2 nitrogen and oxygen atoms in total. The summed E-state index contributed by atoms with van der Waals surface area (Å²) in [6.45, 7) is 0. The van der Waals surface area contributed by atoms with Crippen LogP contribution in [0, 0.1) is 17.1 Å². The highest BCUT2D eigenvalue weighted by molar-refractivity contribution is 9.10. The first kappa shape index (κ1) is 13.1. The summed E-state index contributed by atoms with van der Waals surface area (Å²) in [7, 11) is 0. The molecule has 1 N–H and O–H groups in total. The Kier molecular flexibility index (Phi) is 4.00. The van der Waals surface area contributed by atoms with E-state index in [-0.39, 0.29) is 5.82 Å². The summed E-state index contributed by atoms with van der Waals surface area (Å²) < 4.78 is 14.4. The zero-order chi connectivity index (χ0) is 13.1. The summed E-state index contributed by atoms with van der Waals surface area (Å²) in [6, 6.07) is 11.8. The Morgan fingerprint density at radius 3 is 2.56 bits per heavy atom. The maximum Gasteiger partial charge on any atom is 0.124 e. The fourth-order valence-electron chi connectivity index (χ4n) is 1.47. The van der Waals surface area contributed by atoms with Crippen LogP contribution in [0.15, 0.2) is 45.3 Å². The molecule has 0 atom stereocenters. The summed E-state index contributed by atoms with van der Waals surface area (Å²) >= 11 is 6.61. The maximum absolute atomic E-state index is 13.0. The van der Waals surface area contributed by atoms with Crippen molar-refractivity contribution >= 4 is 43.2 Å². The lowest BCUT2D eigenvalue weighted by molar-refractivity contribution is 0.627. The number of benzene rings is 2. The van der Waals surface area contributed by atoms with Gasteiger partial charge >= 0.3 is 0 Å². The van der Waals surface area contributed by atoms with Crippen molar-refractivity contribution < 1.29 is 4.39 Å². The van der Waals surface area contributed by atoms with Crippen molar-refractivity contribution in [2.24, 2.45) is 0 Å². The molecule has 5 heteroatoms. The molecule has 2 aromatic carbocycles. The molecular weight excluding hydrogens is 363 g/mol. The molecule has 0 aliphatic rings. The Bertz CT molecular complexity index is 635. The monoisotopic (exact) mass is 368 g/mol. The van der Waals surface area contributed by atoms with Crippen LogP contribution in [0.4, 0.5) is 15.8 Å². The second kappa shape index (κ2) is 5.51. The van der Waals surface area contributed by atoms with Crippen LogP contribution in [-0.2, 0) is 0 Å². The topological polar surface area (TPSA) is 35.8 Å². The van der Waals surface area contributed by atoms with Gasteiger partial charge in [-0.25, -0.2) is 4.39 Å². The van der Waals surface area contributed by atoms with Crippen molar-refractivity contribution in [2.75, 3.05) is 5.32 Å². The van der Waals surface area contributed by atoms with Crippen LogP contribution in [0.1, 0.15) is 5.56 Å². The molecular formula is C13H7Br2FN2. The predicted molar refractivity (Wildman–Crippen MR) is 76.2 cm³/mol. The van der Waals surface area contributed by atoms with Crippen molar-refractivity contribution in [3.63, 3.8) is 0 Å². The minimum absolute atomic E-state index is 0.306. The molecule has 2 aromatic rings. The Balaban J connectivity index is 2.34. The van der Waals surface area contributed by atoms with Gasteiger partial charge in [0.1, 0.15) is 5.82 Å². The number of hydrogen-bond donors (Lipinski definition) is 1. The molecule has 90 valence electrons. The van der Waals surface area contributed by atoms with Gasteiger partial charge in [0, 0.05) is 14.6 Å². The molecule has 0 aromatic heterocycles. The Morgan fingerprint density at radius 2 is 1.89 bits per heavy atom. The van der Waals surface area contributed by atoms with Gasteiger partial charge in [0.25, 0.3) is 0 Å². The Labute approximate surface area is 121 Å². The Morgan fingerprint density at radius 1 is 1.11 bits per heavy atom. The number of rotatable bonds is 2. The van der Waals surface area contributed by atoms with E-state index in [9.17, 15) is 4.39 Å². The summed E-state index contributed by atoms with van der Waals surface area (Å²) in [4.78, 5) is 0. The Hall–Kier alpha value is -1.38. The second-order valence-electron chi connectivity index (χ2n) is 3.59. The molecule has 0 amide bonds. The lowest BCUT2D eigenvalue weighted by Gasteiger charge is -2.09. The van der Waals surface area contributed by atoms with Crippen LogP contribution in [0.25, 0.3) is 0 Å². The summed E-state index contributed by atoms with van der Waals surface area (Å²) in [5.74, 6) is -0.306. The molecule has 0 saturated heterocycles. The molecule has 0 aliphatic carbocycles. The first-order valence-corrected chi connectivity index (χ1v) is 6.60. The van der Waals surface area contributed by atoms with Crippen LogP contribution >= 0.6 is 31.9 Å². The largest absolute Gasteiger partial charge is 0.355 e. The highest BCUT2D eigenvalue weighted by Crippen LogP contribution is 2.28. The van der Waals surface area contributed by atoms with Crippen molar-refractivity contribution in [1.82, 2.24) is 0 Å². The van der Waals surface area contributed by atoms with Crippen LogP contribution in [0.5, 0.6) is 0 Å². The number of anilines is 2. The van der Waals surface area contributed by atoms with E-state index in [1.165, 1.54) is 12.1 Å². The second-order valence-corrected chi connectivity index (χ2v) is 5.36. The van der Waals surface area contributed by atoms with Gasteiger partial charge in [0.15, 0.2) is 0 Å². The normalized spacial score (nSPS) is 9.89. The van der Waals surface area contributed by atoms with Gasteiger partial charge in [0.2, 0.25) is 0 Å². The number of hydrogen-bond acceptors (Lipinski definition) is 2. The first-order valence-electron chi connectivity index (χ1n) is 5.01. The van der Waals surface area contributed by atoms with E-state index in [1.54, 1.807) is 18.2 Å². The third kappa shape index (κ3) is 3.09. The minimum Gasteiger partial charge on any atom is -0.355 e. The van der Waals surface area contributed by atoms with Gasteiger partial charge in [0.05, 0.1) is 17.3 Å². The van der Waals surface area contributed by atoms with E-state index >= 15 is 0 Å². The molecule has 0 saturated carbocycles. The van der Waals surface area contributed by atoms with Crippen LogP contribution in [-0.4, -0.2) is 0 Å². The van der Waals surface area contributed by atoms with Gasteiger partial charge in [-0.1, -0.05) is 15.9 Å². The average Bonchev–Trinajstić information content (AvgIpc) is 2.32.